The van der Waals surface area contributed by atoms with Crippen LogP contribution >= 0.6 is 11.6 Å². The first-order chi connectivity index (χ1) is 12.1. The van der Waals surface area contributed by atoms with Crippen LogP contribution in [0, 0.1) is 5.82 Å². The average Bonchev–Trinajstić information content (AvgIpc) is 2.64. The van der Waals surface area contributed by atoms with Gasteiger partial charge in [0.2, 0.25) is 5.91 Å². The molecular formula is C19H21ClFN3O. The Kier molecular flexibility index (Phi) is 5.76. The minimum atomic E-state index is -0.508. The second-order valence-corrected chi connectivity index (χ2v) is 6.53. The summed E-state index contributed by atoms with van der Waals surface area (Å²) in [6.45, 7) is 2.34. The lowest BCUT2D eigenvalue weighted by Gasteiger charge is -2.28. The molecule has 4 nitrogen and oxygen atoms in total. The van der Waals surface area contributed by atoms with E-state index in [2.05, 4.69) is 27.7 Å². The van der Waals surface area contributed by atoms with Crippen molar-refractivity contribution in [2.75, 3.05) is 35.2 Å². The Morgan fingerprint density at radius 2 is 1.72 bits per heavy atom. The number of nitrogens with zero attached hydrogens (tertiary/aromatic N) is 1. The summed E-state index contributed by atoms with van der Waals surface area (Å²) in [4.78, 5) is 14.4. The maximum absolute atomic E-state index is 13.1. The molecule has 0 saturated carbocycles. The minimum absolute atomic E-state index is 0.0148. The number of hydrogen-bond donors (Lipinski definition) is 2. The Morgan fingerprint density at radius 3 is 2.40 bits per heavy atom. The van der Waals surface area contributed by atoms with Gasteiger partial charge in [0.15, 0.2) is 0 Å². The van der Waals surface area contributed by atoms with Gasteiger partial charge in [-0.2, -0.15) is 0 Å². The molecule has 132 valence electrons. The summed E-state index contributed by atoms with van der Waals surface area (Å²) in [5.41, 5.74) is 2.57. The number of halogens is 2. The fourth-order valence-corrected chi connectivity index (χ4v) is 3.08. The van der Waals surface area contributed by atoms with Crippen molar-refractivity contribution in [3.05, 3.63) is 53.3 Å². The molecule has 2 aromatic rings. The molecule has 0 bridgehead atoms. The number of nitrogens with one attached hydrogen (secondary N) is 2. The van der Waals surface area contributed by atoms with Gasteiger partial charge in [0.05, 0.1) is 11.6 Å². The van der Waals surface area contributed by atoms with Gasteiger partial charge in [0, 0.05) is 30.2 Å². The van der Waals surface area contributed by atoms with Gasteiger partial charge < -0.3 is 15.5 Å². The molecule has 6 heteroatoms. The van der Waals surface area contributed by atoms with Crippen LogP contribution in [0.2, 0.25) is 5.02 Å². The van der Waals surface area contributed by atoms with E-state index in [1.54, 1.807) is 0 Å². The number of carbonyl (C=O) groups is 1. The lowest BCUT2D eigenvalue weighted by Crippen LogP contribution is -2.29. The fourth-order valence-electron chi connectivity index (χ4n) is 2.90. The van der Waals surface area contributed by atoms with E-state index >= 15 is 0 Å². The van der Waals surface area contributed by atoms with E-state index in [-0.39, 0.29) is 17.5 Å². The minimum Gasteiger partial charge on any atom is -0.376 e. The quantitative estimate of drug-likeness (QED) is 0.823. The Labute approximate surface area is 152 Å². The molecule has 1 fully saturated rings. The van der Waals surface area contributed by atoms with Crippen molar-refractivity contribution < 1.29 is 9.18 Å². The Morgan fingerprint density at radius 1 is 1.04 bits per heavy atom. The van der Waals surface area contributed by atoms with Crippen LogP contribution in [0.3, 0.4) is 0 Å². The molecule has 2 N–H and O–H groups in total. The molecule has 0 unspecified atom stereocenters. The number of benzene rings is 2. The molecule has 1 aliphatic rings. The largest absolute Gasteiger partial charge is 0.376 e. The van der Waals surface area contributed by atoms with Gasteiger partial charge in [-0.1, -0.05) is 11.6 Å². The molecule has 0 aliphatic carbocycles. The zero-order valence-corrected chi connectivity index (χ0v) is 14.7. The number of hydrogen-bond acceptors (Lipinski definition) is 3. The smallest absolute Gasteiger partial charge is 0.243 e. The van der Waals surface area contributed by atoms with E-state index in [0.29, 0.717) is 5.69 Å². The molecule has 1 amide bonds. The van der Waals surface area contributed by atoms with E-state index in [1.165, 1.54) is 43.1 Å². The highest BCUT2D eigenvalue weighted by atomic mass is 35.5. The monoisotopic (exact) mass is 361 g/mol. The highest BCUT2D eigenvalue weighted by Gasteiger charge is 2.10. The molecule has 1 saturated heterocycles. The van der Waals surface area contributed by atoms with E-state index in [0.717, 1.165) is 18.8 Å². The van der Waals surface area contributed by atoms with Crippen LogP contribution in [0.5, 0.6) is 0 Å². The first kappa shape index (κ1) is 17.5. The van der Waals surface area contributed by atoms with Gasteiger partial charge in [-0.25, -0.2) is 4.39 Å². The van der Waals surface area contributed by atoms with Crippen molar-refractivity contribution >= 4 is 34.6 Å². The summed E-state index contributed by atoms with van der Waals surface area (Å²) < 4.78 is 13.1. The third kappa shape index (κ3) is 4.86. The number of anilines is 3. The van der Waals surface area contributed by atoms with Crippen LogP contribution < -0.4 is 15.5 Å². The summed E-state index contributed by atoms with van der Waals surface area (Å²) >= 11 is 5.70. The number of carbonyl (C=O) groups excluding carboxylic acids is 1. The Bertz CT molecular complexity index is 730. The first-order valence-electron chi connectivity index (χ1n) is 8.45. The molecule has 0 radical (unpaired) electrons. The highest BCUT2D eigenvalue weighted by Crippen LogP contribution is 2.22. The molecule has 25 heavy (non-hydrogen) atoms. The lowest BCUT2D eigenvalue weighted by molar-refractivity contribution is -0.114. The molecule has 0 spiro atoms. The predicted octanol–water partition coefficient (Wildman–Crippen LogP) is 4.52. The van der Waals surface area contributed by atoms with E-state index in [4.69, 9.17) is 11.6 Å². The zero-order chi connectivity index (χ0) is 17.6. The van der Waals surface area contributed by atoms with Gasteiger partial charge >= 0.3 is 0 Å². The van der Waals surface area contributed by atoms with E-state index < -0.39 is 5.82 Å². The number of amides is 1. The molecule has 1 aliphatic heterocycles. The fraction of sp³-hybridized carbons (Fsp3) is 0.316. The molecular weight excluding hydrogens is 341 g/mol. The molecule has 2 aromatic carbocycles. The number of piperidine rings is 1. The summed E-state index contributed by atoms with van der Waals surface area (Å²) in [7, 11) is 0. The molecule has 0 atom stereocenters. The Hall–Kier alpha value is -2.27. The summed E-state index contributed by atoms with van der Waals surface area (Å²) in [6, 6.07) is 12.2. The maximum Gasteiger partial charge on any atom is 0.243 e. The van der Waals surface area contributed by atoms with Crippen molar-refractivity contribution in [1.82, 2.24) is 0 Å². The maximum atomic E-state index is 13.1. The lowest BCUT2D eigenvalue weighted by atomic mass is 10.1. The van der Waals surface area contributed by atoms with Crippen LogP contribution in [-0.4, -0.2) is 25.5 Å². The number of rotatable bonds is 5. The standard InChI is InChI=1S/C19H21ClFN3O/c20-17-12-15(6-9-18(17)21)23-19(25)13-22-14-4-7-16(8-5-14)24-10-2-1-3-11-24/h4-9,12,22H,1-3,10-11,13H2,(H,23,25). The van der Waals surface area contributed by atoms with E-state index in [1.807, 2.05) is 12.1 Å². The van der Waals surface area contributed by atoms with Crippen molar-refractivity contribution in [1.29, 1.82) is 0 Å². The second kappa shape index (κ2) is 8.21. The SMILES string of the molecule is O=C(CNc1ccc(N2CCCCC2)cc1)Nc1ccc(F)c(Cl)c1. The van der Waals surface area contributed by atoms with E-state index in [9.17, 15) is 9.18 Å². The normalized spacial score (nSPS) is 14.2. The summed E-state index contributed by atoms with van der Waals surface area (Å²) in [5.74, 6) is -0.727. The van der Waals surface area contributed by atoms with Crippen LogP contribution in [-0.2, 0) is 4.79 Å². The third-order valence-corrected chi connectivity index (χ3v) is 4.53. The van der Waals surface area contributed by atoms with Gasteiger partial charge in [-0.15, -0.1) is 0 Å². The zero-order valence-electron chi connectivity index (χ0n) is 13.9. The summed E-state index contributed by atoms with van der Waals surface area (Å²) in [5, 5.41) is 5.75. The Balaban J connectivity index is 1.50. The highest BCUT2D eigenvalue weighted by molar-refractivity contribution is 6.31. The van der Waals surface area contributed by atoms with Crippen LogP contribution in [0.15, 0.2) is 42.5 Å². The third-order valence-electron chi connectivity index (χ3n) is 4.24. The van der Waals surface area contributed by atoms with Crippen molar-refractivity contribution in [3.63, 3.8) is 0 Å². The topological polar surface area (TPSA) is 44.4 Å². The predicted molar refractivity (Wildman–Crippen MR) is 101 cm³/mol. The van der Waals surface area contributed by atoms with Crippen molar-refractivity contribution in [3.8, 4) is 0 Å². The molecule has 3 rings (SSSR count). The summed E-state index contributed by atoms with van der Waals surface area (Å²) in [6.07, 6.45) is 3.80. The van der Waals surface area contributed by atoms with Gasteiger partial charge in [-0.05, 0) is 61.7 Å². The second-order valence-electron chi connectivity index (χ2n) is 6.13. The average molecular weight is 362 g/mol. The molecule has 1 heterocycles. The van der Waals surface area contributed by atoms with Crippen LogP contribution in [0.4, 0.5) is 21.5 Å². The van der Waals surface area contributed by atoms with Gasteiger partial charge in [0.25, 0.3) is 0 Å². The van der Waals surface area contributed by atoms with Crippen molar-refractivity contribution in [2.45, 2.75) is 19.3 Å². The van der Waals surface area contributed by atoms with Crippen LogP contribution in [0.1, 0.15) is 19.3 Å². The van der Waals surface area contributed by atoms with Crippen molar-refractivity contribution in [2.24, 2.45) is 0 Å². The molecule has 0 aromatic heterocycles. The van der Waals surface area contributed by atoms with Gasteiger partial charge in [-0.3, -0.25) is 4.79 Å². The van der Waals surface area contributed by atoms with Crippen LogP contribution in [0.25, 0.3) is 0 Å². The first-order valence-corrected chi connectivity index (χ1v) is 8.83. The van der Waals surface area contributed by atoms with Gasteiger partial charge in [0.1, 0.15) is 5.82 Å².